The van der Waals surface area contributed by atoms with Crippen LogP contribution in [0.25, 0.3) is 0 Å². The molecule has 0 atom stereocenters. The minimum Gasteiger partial charge on any atom is -0.478 e. The summed E-state index contributed by atoms with van der Waals surface area (Å²) in [6.45, 7) is 3.60. The fourth-order valence-electron chi connectivity index (χ4n) is 2.04. The maximum Gasteiger partial charge on any atom is 0.329 e. The van der Waals surface area contributed by atoms with Gasteiger partial charge in [0, 0.05) is 17.3 Å². The van der Waals surface area contributed by atoms with Crippen LogP contribution in [-0.4, -0.2) is 17.0 Å². The van der Waals surface area contributed by atoms with Crippen LogP contribution in [0.5, 0.6) is 0 Å². The molecule has 5 heteroatoms. The molecular weight excluding hydrogens is 254 g/mol. The Labute approximate surface area is 109 Å². The average Bonchev–Trinajstić information content (AvgIpc) is 2.45. The van der Waals surface area contributed by atoms with E-state index in [9.17, 15) is 9.59 Å². The van der Waals surface area contributed by atoms with Crippen LogP contribution < -0.4 is 4.90 Å². The van der Waals surface area contributed by atoms with Crippen molar-refractivity contribution >= 4 is 29.2 Å². The quantitative estimate of drug-likeness (QED) is 0.836. The van der Waals surface area contributed by atoms with E-state index in [0.29, 0.717) is 10.7 Å². The second-order valence-electron chi connectivity index (χ2n) is 4.62. The summed E-state index contributed by atoms with van der Waals surface area (Å²) in [5.74, 6) is -1.27. The molecule has 1 aliphatic rings. The molecule has 94 valence electrons. The average molecular weight is 266 g/mol. The lowest BCUT2D eigenvalue weighted by molar-refractivity contribution is -0.131. The number of carbonyl (C=O) groups is 2. The first-order valence-corrected chi connectivity index (χ1v) is 5.76. The zero-order chi connectivity index (χ0) is 13.5. The zero-order valence-electron chi connectivity index (χ0n) is 9.98. The fraction of sp³-hybridized carbons (Fsp3) is 0.231. The van der Waals surface area contributed by atoms with Gasteiger partial charge in [0.25, 0.3) is 0 Å². The lowest BCUT2D eigenvalue weighted by Crippen LogP contribution is -2.32. The van der Waals surface area contributed by atoms with Crippen LogP contribution in [0.4, 0.5) is 5.69 Å². The van der Waals surface area contributed by atoms with E-state index >= 15 is 0 Å². The molecule has 0 fully saturated rings. The molecule has 1 heterocycles. The van der Waals surface area contributed by atoms with Crippen molar-refractivity contribution in [1.29, 1.82) is 0 Å². The molecule has 0 aliphatic carbocycles. The third-order valence-corrected chi connectivity index (χ3v) is 3.25. The molecule has 1 aliphatic heterocycles. The Balaban J connectivity index is 2.55. The van der Waals surface area contributed by atoms with Crippen molar-refractivity contribution in [3.63, 3.8) is 0 Å². The maximum atomic E-state index is 12.2. The smallest absolute Gasteiger partial charge is 0.329 e. The number of nitrogens with zero attached hydrogens (tertiary/aromatic N) is 1. The first-order valence-electron chi connectivity index (χ1n) is 5.39. The largest absolute Gasteiger partial charge is 0.478 e. The fourth-order valence-corrected chi connectivity index (χ4v) is 2.21. The highest BCUT2D eigenvalue weighted by Gasteiger charge is 2.43. The summed E-state index contributed by atoms with van der Waals surface area (Å²) in [5.41, 5.74) is 0.796. The van der Waals surface area contributed by atoms with Crippen molar-refractivity contribution in [2.45, 2.75) is 19.3 Å². The predicted octanol–water partition coefficient (Wildman–Crippen LogP) is 2.56. The Hall–Kier alpha value is -1.81. The molecule has 0 unspecified atom stereocenters. The van der Waals surface area contributed by atoms with Crippen molar-refractivity contribution in [1.82, 2.24) is 0 Å². The van der Waals surface area contributed by atoms with E-state index in [1.165, 1.54) is 11.1 Å². The first-order chi connectivity index (χ1) is 8.34. The van der Waals surface area contributed by atoms with E-state index in [1.807, 2.05) is 0 Å². The number of fused-ring (bicyclic) bond motifs is 1. The lowest BCUT2D eigenvalue weighted by atomic mass is 9.86. The van der Waals surface area contributed by atoms with Gasteiger partial charge in [0.05, 0.1) is 11.1 Å². The summed E-state index contributed by atoms with van der Waals surface area (Å²) in [5, 5.41) is 9.15. The monoisotopic (exact) mass is 265 g/mol. The Morgan fingerprint density at radius 3 is 2.72 bits per heavy atom. The number of amides is 1. The first kappa shape index (κ1) is 12.6. The number of rotatable bonds is 2. The standard InChI is InChI=1S/C13H12ClNO3/c1-13(2)9-4-3-8(14)7-10(9)15(12(13)18)6-5-11(16)17/h3-7H,1-2H3,(H,16,17)/b6-5+. The third kappa shape index (κ3) is 1.88. The van der Waals surface area contributed by atoms with Gasteiger partial charge in [-0.15, -0.1) is 0 Å². The van der Waals surface area contributed by atoms with E-state index in [1.54, 1.807) is 32.0 Å². The van der Waals surface area contributed by atoms with E-state index in [2.05, 4.69) is 0 Å². The highest BCUT2D eigenvalue weighted by atomic mass is 35.5. The van der Waals surface area contributed by atoms with E-state index in [4.69, 9.17) is 16.7 Å². The predicted molar refractivity (Wildman–Crippen MR) is 68.7 cm³/mol. The molecule has 0 aromatic heterocycles. The molecule has 18 heavy (non-hydrogen) atoms. The zero-order valence-corrected chi connectivity index (χ0v) is 10.7. The number of carboxylic acid groups (broad SMARTS) is 1. The number of hydrogen-bond acceptors (Lipinski definition) is 2. The normalized spacial score (nSPS) is 17.3. The van der Waals surface area contributed by atoms with Crippen molar-refractivity contribution in [3.05, 3.63) is 41.1 Å². The molecule has 1 N–H and O–H groups in total. The Bertz CT molecular complexity index is 563. The SMILES string of the molecule is CC1(C)C(=O)N(/C=C/C(=O)O)c2cc(Cl)ccc21. The molecule has 1 amide bonds. The van der Waals surface area contributed by atoms with E-state index in [-0.39, 0.29) is 5.91 Å². The second-order valence-corrected chi connectivity index (χ2v) is 5.05. The van der Waals surface area contributed by atoms with E-state index < -0.39 is 11.4 Å². The molecule has 2 rings (SSSR count). The van der Waals surface area contributed by atoms with Crippen LogP contribution in [0.3, 0.4) is 0 Å². The highest BCUT2D eigenvalue weighted by molar-refractivity contribution is 6.31. The Morgan fingerprint density at radius 1 is 1.44 bits per heavy atom. The van der Waals surface area contributed by atoms with Gasteiger partial charge in [-0.3, -0.25) is 9.69 Å². The molecule has 0 radical (unpaired) electrons. The minimum atomic E-state index is -1.10. The Kier molecular flexibility index (Phi) is 2.91. The summed E-state index contributed by atoms with van der Waals surface area (Å²) < 4.78 is 0. The van der Waals surface area contributed by atoms with Crippen molar-refractivity contribution < 1.29 is 14.7 Å². The summed E-state index contributed by atoms with van der Waals surface area (Å²) in [4.78, 5) is 24.1. The molecular formula is C13H12ClNO3. The number of carbonyl (C=O) groups excluding carboxylic acids is 1. The van der Waals surface area contributed by atoms with Crippen molar-refractivity contribution in [3.8, 4) is 0 Å². The second kappa shape index (κ2) is 4.14. The van der Waals surface area contributed by atoms with Gasteiger partial charge in [0.2, 0.25) is 5.91 Å². The molecule has 0 spiro atoms. The van der Waals surface area contributed by atoms with Crippen molar-refractivity contribution in [2.24, 2.45) is 0 Å². The minimum absolute atomic E-state index is 0.169. The van der Waals surface area contributed by atoms with Crippen molar-refractivity contribution in [2.75, 3.05) is 4.90 Å². The van der Waals surface area contributed by atoms with Gasteiger partial charge in [-0.05, 0) is 31.5 Å². The summed E-state index contributed by atoms with van der Waals surface area (Å²) >= 11 is 5.91. The van der Waals surface area contributed by atoms with Gasteiger partial charge in [0.1, 0.15) is 0 Å². The topological polar surface area (TPSA) is 57.6 Å². The van der Waals surface area contributed by atoms with Crippen LogP contribution in [0, 0.1) is 0 Å². The molecule has 4 nitrogen and oxygen atoms in total. The summed E-state index contributed by atoms with van der Waals surface area (Å²) in [6.07, 6.45) is 2.19. The van der Waals surface area contributed by atoms with Crippen LogP contribution in [-0.2, 0) is 15.0 Å². The molecule has 0 bridgehead atoms. The van der Waals surface area contributed by atoms with Crippen LogP contribution in [0.15, 0.2) is 30.5 Å². The van der Waals surface area contributed by atoms with Gasteiger partial charge in [-0.1, -0.05) is 17.7 Å². The number of anilines is 1. The number of hydrogen-bond donors (Lipinski definition) is 1. The van der Waals surface area contributed by atoms with Crippen LogP contribution in [0.1, 0.15) is 19.4 Å². The number of halogens is 1. The van der Waals surface area contributed by atoms with Gasteiger partial charge < -0.3 is 5.11 Å². The highest BCUT2D eigenvalue weighted by Crippen LogP contribution is 2.42. The van der Waals surface area contributed by atoms with Gasteiger partial charge >= 0.3 is 5.97 Å². The third-order valence-electron chi connectivity index (χ3n) is 3.01. The van der Waals surface area contributed by atoms with Crippen LogP contribution >= 0.6 is 11.6 Å². The van der Waals surface area contributed by atoms with E-state index in [0.717, 1.165) is 11.6 Å². The van der Waals surface area contributed by atoms with Gasteiger partial charge in [-0.2, -0.15) is 0 Å². The summed E-state index contributed by atoms with van der Waals surface area (Å²) in [7, 11) is 0. The summed E-state index contributed by atoms with van der Waals surface area (Å²) in [6, 6.07) is 5.18. The molecule has 0 saturated heterocycles. The van der Waals surface area contributed by atoms with Crippen LogP contribution in [0.2, 0.25) is 5.02 Å². The molecule has 1 aromatic carbocycles. The van der Waals surface area contributed by atoms with Gasteiger partial charge in [-0.25, -0.2) is 4.79 Å². The Morgan fingerprint density at radius 2 is 2.11 bits per heavy atom. The number of carboxylic acids is 1. The molecule has 1 aromatic rings. The maximum absolute atomic E-state index is 12.2. The lowest BCUT2D eigenvalue weighted by Gasteiger charge is -2.16. The van der Waals surface area contributed by atoms with Gasteiger partial charge in [0.15, 0.2) is 0 Å². The molecule has 0 saturated carbocycles. The number of aliphatic carboxylic acids is 1. The number of benzene rings is 1.